The molecule has 3 heterocycles. The number of amides is 1. The molecule has 0 radical (unpaired) electrons. The zero-order chi connectivity index (χ0) is 17.8. The van der Waals surface area contributed by atoms with Crippen LogP contribution in [0.1, 0.15) is 31.2 Å². The summed E-state index contributed by atoms with van der Waals surface area (Å²) in [7, 11) is 0. The number of carbonyl (C=O) groups excluding carboxylic acids is 1. The van der Waals surface area contributed by atoms with Crippen molar-refractivity contribution in [3.8, 4) is 11.5 Å². The molecular formula is C20H25N3O3. The lowest BCUT2D eigenvalue weighted by Crippen LogP contribution is -2.38. The number of rotatable bonds is 6. The lowest BCUT2D eigenvalue weighted by atomic mass is 9.93. The molecule has 2 aliphatic rings. The van der Waals surface area contributed by atoms with Crippen molar-refractivity contribution in [2.24, 2.45) is 5.92 Å². The Balaban J connectivity index is 1.20. The van der Waals surface area contributed by atoms with Gasteiger partial charge >= 0.3 is 0 Å². The van der Waals surface area contributed by atoms with Gasteiger partial charge in [-0.15, -0.1) is 0 Å². The molecule has 0 aliphatic carbocycles. The largest absolute Gasteiger partial charge is 0.454 e. The van der Waals surface area contributed by atoms with Gasteiger partial charge < -0.3 is 14.4 Å². The molecular weight excluding hydrogens is 330 g/mol. The Morgan fingerprint density at radius 2 is 2.04 bits per heavy atom. The number of carbonyl (C=O) groups is 1. The van der Waals surface area contributed by atoms with Crippen molar-refractivity contribution in [2.45, 2.75) is 38.6 Å². The number of aromatic nitrogens is 2. The number of ether oxygens (including phenoxy) is 2. The monoisotopic (exact) mass is 355 g/mol. The summed E-state index contributed by atoms with van der Waals surface area (Å²) in [5, 5.41) is 4.25. The van der Waals surface area contributed by atoms with E-state index in [1.165, 1.54) is 0 Å². The van der Waals surface area contributed by atoms with Crippen LogP contribution in [0, 0.1) is 5.92 Å². The van der Waals surface area contributed by atoms with Crippen molar-refractivity contribution >= 4 is 5.91 Å². The predicted octanol–water partition coefficient (Wildman–Crippen LogP) is 2.87. The Kier molecular flexibility index (Phi) is 5.09. The molecule has 0 unspecified atom stereocenters. The lowest BCUT2D eigenvalue weighted by molar-refractivity contribution is -0.132. The summed E-state index contributed by atoms with van der Waals surface area (Å²) in [6.45, 7) is 3.01. The van der Waals surface area contributed by atoms with E-state index in [1.54, 1.807) is 0 Å². The second kappa shape index (κ2) is 7.81. The first-order chi connectivity index (χ1) is 12.8. The minimum absolute atomic E-state index is 0.258. The van der Waals surface area contributed by atoms with Crippen LogP contribution in [-0.2, 0) is 17.8 Å². The molecule has 6 heteroatoms. The van der Waals surface area contributed by atoms with E-state index in [0.29, 0.717) is 12.3 Å². The lowest BCUT2D eigenvalue weighted by Gasteiger charge is -2.32. The summed E-state index contributed by atoms with van der Waals surface area (Å²) >= 11 is 0. The summed E-state index contributed by atoms with van der Waals surface area (Å²) in [6, 6.07) is 7.88. The Morgan fingerprint density at radius 1 is 1.19 bits per heavy atom. The fourth-order valence-electron chi connectivity index (χ4n) is 3.72. The maximum absolute atomic E-state index is 12.5. The molecule has 6 nitrogen and oxygen atoms in total. The average Bonchev–Trinajstić information content (AvgIpc) is 3.36. The standard InChI is InChI=1S/C20H25N3O3/c24-20(5-3-17-2-4-18-19(14-17)26-15-25-18)22-11-6-16(7-12-22)8-13-23-10-1-9-21-23/h1-2,4,9-10,14,16H,3,5-8,11-13,15H2. The first-order valence-corrected chi connectivity index (χ1v) is 9.41. The highest BCUT2D eigenvalue weighted by Crippen LogP contribution is 2.32. The normalized spacial score (nSPS) is 16.8. The topological polar surface area (TPSA) is 56.6 Å². The number of likely N-dealkylation sites (tertiary alicyclic amines) is 1. The smallest absolute Gasteiger partial charge is 0.231 e. The van der Waals surface area contributed by atoms with Crippen molar-refractivity contribution in [3.63, 3.8) is 0 Å². The second-order valence-corrected chi connectivity index (χ2v) is 7.07. The number of benzene rings is 1. The molecule has 0 spiro atoms. The first kappa shape index (κ1) is 16.9. The van der Waals surface area contributed by atoms with Gasteiger partial charge in [0.2, 0.25) is 12.7 Å². The maximum atomic E-state index is 12.5. The van der Waals surface area contributed by atoms with E-state index in [0.717, 1.165) is 62.4 Å². The third-order valence-electron chi connectivity index (χ3n) is 5.36. The van der Waals surface area contributed by atoms with E-state index in [9.17, 15) is 4.79 Å². The van der Waals surface area contributed by atoms with Gasteiger partial charge in [0.15, 0.2) is 11.5 Å². The molecule has 0 N–H and O–H groups in total. The van der Waals surface area contributed by atoms with E-state index in [1.807, 2.05) is 46.2 Å². The van der Waals surface area contributed by atoms with Crippen LogP contribution in [0.25, 0.3) is 0 Å². The molecule has 1 fully saturated rings. The highest BCUT2D eigenvalue weighted by atomic mass is 16.7. The Labute approximate surface area is 153 Å². The predicted molar refractivity (Wildman–Crippen MR) is 97.0 cm³/mol. The number of nitrogens with zero attached hydrogens (tertiary/aromatic N) is 3. The van der Waals surface area contributed by atoms with E-state index in [-0.39, 0.29) is 12.7 Å². The van der Waals surface area contributed by atoms with Crippen molar-refractivity contribution in [2.75, 3.05) is 19.9 Å². The van der Waals surface area contributed by atoms with E-state index in [4.69, 9.17) is 9.47 Å². The molecule has 138 valence electrons. The number of aryl methyl sites for hydroxylation is 2. The fraction of sp³-hybridized carbons (Fsp3) is 0.500. The maximum Gasteiger partial charge on any atom is 0.231 e. The zero-order valence-corrected chi connectivity index (χ0v) is 15.0. The van der Waals surface area contributed by atoms with Gasteiger partial charge in [-0.25, -0.2) is 0 Å². The quantitative estimate of drug-likeness (QED) is 0.799. The zero-order valence-electron chi connectivity index (χ0n) is 15.0. The van der Waals surface area contributed by atoms with Gasteiger partial charge in [0.05, 0.1) is 0 Å². The van der Waals surface area contributed by atoms with Crippen LogP contribution in [0.5, 0.6) is 11.5 Å². The van der Waals surface area contributed by atoms with Gasteiger partial charge in [0.25, 0.3) is 0 Å². The summed E-state index contributed by atoms with van der Waals surface area (Å²) in [6.07, 6.45) is 8.46. The van der Waals surface area contributed by atoms with Crippen molar-refractivity contribution in [1.29, 1.82) is 0 Å². The van der Waals surface area contributed by atoms with Crippen molar-refractivity contribution in [1.82, 2.24) is 14.7 Å². The van der Waals surface area contributed by atoms with Crippen LogP contribution in [-0.4, -0.2) is 40.5 Å². The Morgan fingerprint density at radius 3 is 2.85 bits per heavy atom. The molecule has 1 aromatic heterocycles. The molecule has 26 heavy (non-hydrogen) atoms. The second-order valence-electron chi connectivity index (χ2n) is 7.07. The van der Waals surface area contributed by atoms with Crippen LogP contribution >= 0.6 is 0 Å². The fourth-order valence-corrected chi connectivity index (χ4v) is 3.72. The van der Waals surface area contributed by atoms with E-state index >= 15 is 0 Å². The molecule has 0 saturated carbocycles. The van der Waals surface area contributed by atoms with Gasteiger partial charge in [-0.2, -0.15) is 5.10 Å². The third-order valence-corrected chi connectivity index (χ3v) is 5.36. The van der Waals surface area contributed by atoms with Gasteiger partial charge in [-0.1, -0.05) is 6.07 Å². The Hall–Kier alpha value is -2.50. The highest BCUT2D eigenvalue weighted by Gasteiger charge is 2.22. The summed E-state index contributed by atoms with van der Waals surface area (Å²) in [4.78, 5) is 14.5. The SMILES string of the molecule is O=C(CCc1ccc2c(c1)OCO2)N1CCC(CCn2cccn2)CC1. The van der Waals surface area contributed by atoms with Crippen molar-refractivity contribution in [3.05, 3.63) is 42.2 Å². The number of hydrogen-bond donors (Lipinski definition) is 0. The van der Waals surface area contributed by atoms with Gasteiger partial charge in [-0.3, -0.25) is 9.48 Å². The van der Waals surface area contributed by atoms with Crippen LogP contribution < -0.4 is 9.47 Å². The molecule has 1 amide bonds. The third kappa shape index (κ3) is 4.00. The minimum Gasteiger partial charge on any atom is -0.454 e. The van der Waals surface area contributed by atoms with Crippen LogP contribution in [0.2, 0.25) is 0 Å². The molecule has 1 saturated heterocycles. The number of hydrogen-bond acceptors (Lipinski definition) is 4. The van der Waals surface area contributed by atoms with E-state index in [2.05, 4.69) is 5.10 Å². The van der Waals surface area contributed by atoms with Gasteiger partial charge in [0, 0.05) is 38.4 Å². The Bertz CT molecular complexity index is 737. The molecule has 2 aromatic rings. The van der Waals surface area contributed by atoms with E-state index < -0.39 is 0 Å². The molecule has 1 aromatic carbocycles. The highest BCUT2D eigenvalue weighted by molar-refractivity contribution is 5.76. The first-order valence-electron chi connectivity index (χ1n) is 9.41. The summed E-state index contributed by atoms with van der Waals surface area (Å²) < 4.78 is 12.7. The van der Waals surface area contributed by atoms with Gasteiger partial charge in [-0.05, 0) is 55.4 Å². The van der Waals surface area contributed by atoms with Crippen LogP contribution in [0.4, 0.5) is 0 Å². The molecule has 4 rings (SSSR count). The number of fused-ring (bicyclic) bond motifs is 1. The summed E-state index contributed by atoms with van der Waals surface area (Å²) in [5.74, 6) is 2.52. The van der Waals surface area contributed by atoms with Crippen molar-refractivity contribution < 1.29 is 14.3 Å². The molecule has 2 aliphatic heterocycles. The molecule has 0 atom stereocenters. The number of piperidine rings is 1. The van der Waals surface area contributed by atoms with Crippen LogP contribution in [0.15, 0.2) is 36.7 Å². The minimum atomic E-state index is 0.258. The molecule has 0 bridgehead atoms. The van der Waals surface area contributed by atoms with Crippen LogP contribution in [0.3, 0.4) is 0 Å². The van der Waals surface area contributed by atoms with Gasteiger partial charge in [0.1, 0.15) is 0 Å². The summed E-state index contributed by atoms with van der Waals surface area (Å²) in [5.41, 5.74) is 1.12. The average molecular weight is 355 g/mol.